The van der Waals surface area contributed by atoms with E-state index in [1.165, 1.54) is 12.1 Å². The Kier molecular flexibility index (Phi) is 4.65. The van der Waals surface area contributed by atoms with Gasteiger partial charge in [-0.2, -0.15) is 0 Å². The first kappa shape index (κ1) is 15.1. The molecule has 3 nitrogen and oxygen atoms in total. The molecule has 2 aromatic rings. The summed E-state index contributed by atoms with van der Waals surface area (Å²) in [5, 5.41) is 2.74. The summed E-state index contributed by atoms with van der Waals surface area (Å²) in [6, 6.07) is 11.3. The minimum absolute atomic E-state index is 0.321. The van der Waals surface area contributed by atoms with Crippen LogP contribution < -0.4 is 11.1 Å². The lowest BCUT2D eigenvalue weighted by molar-refractivity contribution is 0.102. The molecule has 0 saturated heterocycles. The first-order chi connectivity index (χ1) is 9.95. The number of aryl methyl sites for hydroxylation is 1. The lowest BCUT2D eigenvalue weighted by atomic mass is 10.1. The maximum Gasteiger partial charge on any atom is 0.256 e. The highest BCUT2D eigenvalue weighted by atomic mass is 32.1. The third-order valence-electron chi connectivity index (χ3n) is 3.03. The Morgan fingerprint density at radius 1 is 1.24 bits per heavy atom. The van der Waals surface area contributed by atoms with Crippen LogP contribution in [0.4, 0.5) is 10.1 Å². The molecular weight excluding hydrogens is 287 g/mol. The van der Waals surface area contributed by atoms with Gasteiger partial charge in [-0.25, -0.2) is 4.39 Å². The molecule has 2 aromatic carbocycles. The van der Waals surface area contributed by atoms with Crippen molar-refractivity contribution in [1.29, 1.82) is 0 Å². The molecule has 0 aliphatic heterocycles. The van der Waals surface area contributed by atoms with Crippen LogP contribution in [0.3, 0.4) is 0 Å². The molecule has 0 saturated carbocycles. The molecule has 0 bridgehead atoms. The summed E-state index contributed by atoms with van der Waals surface area (Å²) in [6.07, 6.45) is 0.520. The van der Waals surface area contributed by atoms with Gasteiger partial charge in [0.1, 0.15) is 5.82 Å². The fourth-order valence-electron chi connectivity index (χ4n) is 1.94. The van der Waals surface area contributed by atoms with Crippen LogP contribution in [0.2, 0.25) is 0 Å². The van der Waals surface area contributed by atoms with Crippen LogP contribution in [0, 0.1) is 12.7 Å². The normalized spacial score (nSPS) is 10.2. The molecule has 0 fully saturated rings. The number of anilines is 1. The maximum absolute atomic E-state index is 13.2. The Morgan fingerprint density at radius 3 is 2.52 bits per heavy atom. The number of carbonyl (C=O) groups excluding carboxylic acids is 1. The summed E-state index contributed by atoms with van der Waals surface area (Å²) in [4.78, 5) is 12.5. The summed E-state index contributed by atoms with van der Waals surface area (Å²) in [5.41, 5.74) is 8.13. The molecular formula is C16H15FN2OS. The predicted octanol–water partition coefficient (Wildman–Crippen LogP) is 3.22. The molecule has 5 heteroatoms. The average Bonchev–Trinajstić information content (AvgIpc) is 2.43. The van der Waals surface area contributed by atoms with Crippen molar-refractivity contribution < 1.29 is 9.18 Å². The third kappa shape index (κ3) is 4.10. The van der Waals surface area contributed by atoms with Crippen molar-refractivity contribution in [2.24, 2.45) is 5.73 Å². The van der Waals surface area contributed by atoms with Crippen LogP contribution in [-0.4, -0.2) is 10.9 Å². The zero-order chi connectivity index (χ0) is 15.4. The van der Waals surface area contributed by atoms with Crippen LogP contribution in [-0.2, 0) is 6.42 Å². The number of benzene rings is 2. The van der Waals surface area contributed by atoms with Gasteiger partial charge in [-0.15, -0.1) is 0 Å². The molecule has 0 aromatic heterocycles. The monoisotopic (exact) mass is 302 g/mol. The molecule has 0 radical (unpaired) electrons. The zero-order valence-electron chi connectivity index (χ0n) is 11.5. The van der Waals surface area contributed by atoms with Crippen LogP contribution >= 0.6 is 12.2 Å². The Bertz CT molecular complexity index is 683. The number of nitrogens with two attached hydrogens (primary N) is 1. The fraction of sp³-hybridized carbons (Fsp3) is 0.125. The molecule has 0 spiro atoms. The summed E-state index contributed by atoms with van der Waals surface area (Å²) >= 11 is 4.84. The molecule has 0 aliphatic rings. The molecule has 0 aliphatic carbocycles. The van der Waals surface area contributed by atoms with Crippen molar-refractivity contribution in [1.82, 2.24) is 0 Å². The number of carbonyl (C=O) groups is 1. The Morgan fingerprint density at radius 2 is 1.90 bits per heavy atom. The van der Waals surface area contributed by atoms with Crippen molar-refractivity contribution in [3.05, 3.63) is 65.0 Å². The van der Waals surface area contributed by atoms with Gasteiger partial charge in [-0.3, -0.25) is 4.79 Å². The summed E-state index contributed by atoms with van der Waals surface area (Å²) in [6.45, 7) is 1.76. The maximum atomic E-state index is 13.2. The molecule has 0 unspecified atom stereocenters. The molecule has 0 atom stereocenters. The van der Waals surface area contributed by atoms with Gasteiger partial charge in [0.25, 0.3) is 5.91 Å². The number of hydrogen-bond donors (Lipinski definition) is 2. The second kappa shape index (κ2) is 6.45. The first-order valence-corrected chi connectivity index (χ1v) is 6.81. The third-order valence-corrected chi connectivity index (χ3v) is 3.18. The van der Waals surface area contributed by atoms with Crippen molar-refractivity contribution in [2.45, 2.75) is 13.3 Å². The standard InChI is InChI=1S/C16H15FN2OS/c1-10-2-5-12(17)9-14(10)16(20)19-13-6-3-11(4-7-13)8-15(18)21/h2-7,9H,8H2,1H3,(H2,18,21)(H,19,20). The smallest absolute Gasteiger partial charge is 0.256 e. The van der Waals surface area contributed by atoms with Crippen LogP contribution in [0.1, 0.15) is 21.5 Å². The van der Waals surface area contributed by atoms with Gasteiger partial charge in [-0.1, -0.05) is 30.4 Å². The highest BCUT2D eigenvalue weighted by Gasteiger charge is 2.10. The van der Waals surface area contributed by atoms with Gasteiger partial charge in [0.15, 0.2) is 0 Å². The minimum atomic E-state index is -0.433. The molecule has 3 N–H and O–H groups in total. The van der Waals surface area contributed by atoms with Crippen molar-refractivity contribution >= 4 is 28.8 Å². The first-order valence-electron chi connectivity index (χ1n) is 6.40. The van der Waals surface area contributed by atoms with E-state index in [0.717, 1.165) is 11.1 Å². The number of hydrogen-bond acceptors (Lipinski definition) is 2. The second-order valence-corrected chi connectivity index (χ2v) is 5.28. The Balaban J connectivity index is 2.12. The number of amides is 1. The van der Waals surface area contributed by atoms with Gasteiger partial charge in [0.05, 0.1) is 4.99 Å². The van der Waals surface area contributed by atoms with Gasteiger partial charge in [0.2, 0.25) is 0 Å². The van der Waals surface area contributed by atoms with Crippen molar-refractivity contribution in [2.75, 3.05) is 5.32 Å². The number of halogens is 1. The van der Waals surface area contributed by atoms with Gasteiger partial charge >= 0.3 is 0 Å². The summed E-state index contributed by atoms with van der Waals surface area (Å²) < 4.78 is 13.2. The van der Waals surface area contributed by atoms with E-state index in [1.807, 2.05) is 12.1 Å². The molecule has 2 rings (SSSR count). The van der Waals surface area contributed by atoms with Gasteiger partial charge in [0, 0.05) is 17.7 Å². The lowest BCUT2D eigenvalue weighted by Gasteiger charge is -2.08. The van der Waals surface area contributed by atoms with Crippen LogP contribution in [0.15, 0.2) is 42.5 Å². The summed E-state index contributed by atoms with van der Waals surface area (Å²) in [7, 11) is 0. The Labute approximate surface area is 128 Å². The van der Waals surface area contributed by atoms with Crippen molar-refractivity contribution in [3.63, 3.8) is 0 Å². The van der Waals surface area contributed by atoms with E-state index in [0.29, 0.717) is 22.7 Å². The van der Waals surface area contributed by atoms with Crippen LogP contribution in [0.5, 0.6) is 0 Å². The van der Waals surface area contributed by atoms with E-state index >= 15 is 0 Å². The molecule has 0 heterocycles. The van der Waals surface area contributed by atoms with E-state index in [9.17, 15) is 9.18 Å². The molecule has 1 amide bonds. The molecule has 108 valence electrons. The largest absolute Gasteiger partial charge is 0.393 e. The topological polar surface area (TPSA) is 55.1 Å². The minimum Gasteiger partial charge on any atom is -0.393 e. The number of rotatable bonds is 4. The van der Waals surface area contributed by atoms with Crippen LogP contribution in [0.25, 0.3) is 0 Å². The Hall–Kier alpha value is -2.27. The lowest BCUT2D eigenvalue weighted by Crippen LogP contribution is -2.14. The fourth-order valence-corrected chi connectivity index (χ4v) is 2.11. The summed E-state index contributed by atoms with van der Waals surface area (Å²) in [5.74, 6) is -0.772. The zero-order valence-corrected chi connectivity index (χ0v) is 12.3. The average molecular weight is 302 g/mol. The predicted molar refractivity (Wildman–Crippen MR) is 86.0 cm³/mol. The van der Waals surface area contributed by atoms with E-state index < -0.39 is 5.82 Å². The van der Waals surface area contributed by atoms with Crippen molar-refractivity contribution in [3.8, 4) is 0 Å². The van der Waals surface area contributed by atoms with E-state index in [-0.39, 0.29) is 5.91 Å². The highest BCUT2D eigenvalue weighted by molar-refractivity contribution is 7.80. The quantitative estimate of drug-likeness (QED) is 0.853. The van der Waals surface area contributed by atoms with E-state index in [4.69, 9.17) is 18.0 Å². The number of nitrogens with one attached hydrogen (secondary N) is 1. The van der Waals surface area contributed by atoms with Gasteiger partial charge in [-0.05, 0) is 42.3 Å². The second-order valence-electron chi connectivity index (χ2n) is 4.75. The highest BCUT2D eigenvalue weighted by Crippen LogP contribution is 2.15. The van der Waals surface area contributed by atoms with E-state index in [1.54, 1.807) is 25.1 Å². The SMILES string of the molecule is Cc1ccc(F)cc1C(=O)Nc1ccc(CC(N)=S)cc1. The number of thiocarbonyl (C=S) groups is 1. The molecule has 21 heavy (non-hydrogen) atoms. The van der Waals surface area contributed by atoms with Gasteiger partial charge < -0.3 is 11.1 Å². The van der Waals surface area contributed by atoms with E-state index in [2.05, 4.69) is 5.32 Å².